The first kappa shape index (κ1) is 24.3. The Kier molecular flexibility index (Phi) is 7.75. The van der Waals surface area contributed by atoms with Gasteiger partial charge in [0.2, 0.25) is 11.8 Å². The monoisotopic (exact) mass is 477 g/mol. The van der Waals surface area contributed by atoms with Crippen molar-refractivity contribution in [2.45, 2.75) is 31.1 Å². The lowest BCUT2D eigenvalue weighted by Gasteiger charge is -2.10. The van der Waals surface area contributed by atoms with E-state index in [1.807, 2.05) is 31.2 Å². The van der Waals surface area contributed by atoms with E-state index in [0.29, 0.717) is 16.7 Å². The molecule has 2 amide bonds. The van der Waals surface area contributed by atoms with Crippen LogP contribution in [0.15, 0.2) is 53.7 Å². The molecule has 0 spiro atoms. The fraction of sp³-hybridized carbons (Fsp3) is 0.273. The smallest absolute Gasteiger partial charge is 0.326 e. The molecule has 0 aliphatic heterocycles. The second-order valence-corrected chi connectivity index (χ2v) is 8.09. The van der Waals surface area contributed by atoms with E-state index >= 15 is 0 Å². The number of hydrogen-bond acceptors (Lipinski definition) is 5. The SMILES string of the molecule is CCc1ccc(NC(=O)CSc2nnc(CC(=O)Nc3cccc(C(F)(F)F)c3)n2C)cc1. The Bertz CT molecular complexity index is 1130. The zero-order valence-electron chi connectivity index (χ0n) is 17.9. The van der Waals surface area contributed by atoms with Gasteiger partial charge in [-0.25, -0.2) is 0 Å². The average Bonchev–Trinajstić information content (AvgIpc) is 3.11. The molecule has 3 aromatic rings. The highest BCUT2D eigenvalue weighted by Crippen LogP contribution is 2.30. The molecule has 0 atom stereocenters. The number of alkyl halides is 3. The standard InChI is InChI=1S/C22H22F3N5O2S/c1-3-14-7-9-16(10-8-14)26-20(32)13-33-21-29-28-18(30(21)2)12-19(31)27-17-6-4-5-15(11-17)22(23,24)25/h4-11H,3,12-13H2,1-2H3,(H,26,32)(H,27,31). The molecule has 11 heteroatoms. The van der Waals surface area contributed by atoms with Crippen molar-refractivity contribution in [2.75, 3.05) is 16.4 Å². The van der Waals surface area contributed by atoms with Gasteiger partial charge in [-0.15, -0.1) is 10.2 Å². The lowest BCUT2D eigenvalue weighted by Crippen LogP contribution is -2.18. The molecule has 0 aliphatic carbocycles. The molecule has 2 N–H and O–H groups in total. The van der Waals surface area contributed by atoms with Crippen LogP contribution in [-0.2, 0) is 35.7 Å². The second kappa shape index (κ2) is 10.5. The van der Waals surface area contributed by atoms with Crippen molar-refractivity contribution in [3.8, 4) is 0 Å². The molecule has 0 fully saturated rings. The minimum atomic E-state index is -4.50. The number of carbonyl (C=O) groups excluding carboxylic acids is 2. The molecule has 3 rings (SSSR count). The summed E-state index contributed by atoms with van der Waals surface area (Å²) in [6, 6.07) is 12.0. The molecule has 33 heavy (non-hydrogen) atoms. The molecule has 0 aliphatic rings. The van der Waals surface area contributed by atoms with Crippen molar-refractivity contribution < 1.29 is 22.8 Å². The molecular weight excluding hydrogens is 455 g/mol. The number of amides is 2. The largest absolute Gasteiger partial charge is 0.416 e. The summed E-state index contributed by atoms with van der Waals surface area (Å²) in [5, 5.41) is 13.6. The molecule has 0 saturated carbocycles. The third-order valence-corrected chi connectivity index (χ3v) is 5.72. The van der Waals surface area contributed by atoms with E-state index in [4.69, 9.17) is 0 Å². The van der Waals surface area contributed by atoms with Crippen molar-refractivity contribution >= 4 is 35.0 Å². The van der Waals surface area contributed by atoms with Gasteiger partial charge in [0.25, 0.3) is 0 Å². The Morgan fingerprint density at radius 2 is 1.70 bits per heavy atom. The van der Waals surface area contributed by atoms with Gasteiger partial charge in [-0.1, -0.05) is 36.9 Å². The number of nitrogens with one attached hydrogen (secondary N) is 2. The van der Waals surface area contributed by atoms with E-state index in [9.17, 15) is 22.8 Å². The van der Waals surface area contributed by atoms with Crippen molar-refractivity contribution in [2.24, 2.45) is 7.05 Å². The highest BCUT2D eigenvalue weighted by atomic mass is 32.2. The molecule has 1 heterocycles. The Morgan fingerprint density at radius 1 is 1.00 bits per heavy atom. The molecule has 174 valence electrons. The van der Waals surface area contributed by atoms with E-state index in [2.05, 4.69) is 20.8 Å². The summed E-state index contributed by atoms with van der Waals surface area (Å²) in [4.78, 5) is 24.5. The number of rotatable bonds is 8. The molecule has 2 aromatic carbocycles. The Balaban J connectivity index is 1.53. The van der Waals surface area contributed by atoms with Crippen molar-refractivity contribution in [1.82, 2.24) is 14.8 Å². The first-order chi connectivity index (χ1) is 15.7. The van der Waals surface area contributed by atoms with Gasteiger partial charge in [-0.3, -0.25) is 9.59 Å². The number of anilines is 2. The minimum absolute atomic E-state index is 0.0373. The summed E-state index contributed by atoms with van der Waals surface area (Å²) >= 11 is 1.16. The zero-order valence-corrected chi connectivity index (χ0v) is 18.8. The highest BCUT2D eigenvalue weighted by Gasteiger charge is 2.30. The van der Waals surface area contributed by atoms with Gasteiger partial charge in [0.15, 0.2) is 5.16 Å². The normalized spacial score (nSPS) is 11.3. The predicted molar refractivity (Wildman–Crippen MR) is 120 cm³/mol. The van der Waals surface area contributed by atoms with Crippen LogP contribution in [0.4, 0.5) is 24.5 Å². The number of thioether (sulfide) groups is 1. The summed E-state index contributed by atoms with van der Waals surface area (Å²) in [7, 11) is 1.65. The minimum Gasteiger partial charge on any atom is -0.326 e. The lowest BCUT2D eigenvalue weighted by molar-refractivity contribution is -0.137. The van der Waals surface area contributed by atoms with Crippen LogP contribution >= 0.6 is 11.8 Å². The summed E-state index contributed by atoms with van der Waals surface area (Å²) in [6.07, 6.45) is -3.77. The summed E-state index contributed by atoms with van der Waals surface area (Å²) in [5.74, 6) is -0.332. The fourth-order valence-corrected chi connectivity index (χ4v) is 3.63. The van der Waals surface area contributed by atoms with Crippen LogP contribution < -0.4 is 10.6 Å². The molecule has 0 bridgehead atoms. The number of hydrogen-bond donors (Lipinski definition) is 2. The number of aryl methyl sites for hydroxylation is 1. The van der Waals surface area contributed by atoms with E-state index < -0.39 is 17.6 Å². The average molecular weight is 478 g/mol. The van der Waals surface area contributed by atoms with Gasteiger partial charge in [-0.05, 0) is 42.3 Å². The number of nitrogens with zero attached hydrogens (tertiary/aromatic N) is 3. The summed E-state index contributed by atoms with van der Waals surface area (Å²) in [5.41, 5.74) is 1.06. The van der Waals surface area contributed by atoms with Crippen LogP contribution in [0.1, 0.15) is 23.9 Å². The fourth-order valence-electron chi connectivity index (χ4n) is 2.90. The third kappa shape index (κ3) is 6.82. The number of halogens is 3. The quantitative estimate of drug-likeness (QED) is 0.472. The second-order valence-electron chi connectivity index (χ2n) is 7.15. The molecule has 1 aromatic heterocycles. The predicted octanol–water partition coefficient (Wildman–Crippen LogP) is 4.31. The lowest BCUT2D eigenvalue weighted by atomic mass is 10.1. The summed E-state index contributed by atoms with van der Waals surface area (Å²) in [6.45, 7) is 2.05. The van der Waals surface area contributed by atoms with Crippen LogP contribution in [0.2, 0.25) is 0 Å². The number of aromatic nitrogens is 3. The number of benzene rings is 2. The zero-order chi connectivity index (χ0) is 24.0. The first-order valence-corrected chi connectivity index (χ1v) is 11.0. The van der Waals surface area contributed by atoms with Gasteiger partial charge in [0, 0.05) is 18.4 Å². The molecular formula is C22H22F3N5O2S. The molecule has 0 saturated heterocycles. The van der Waals surface area contributed by atoms with E-state index in [-0.39, 0.29) is 23.8 Å². The van der Waals surface area contributed by atoms with Crippen molar-refractivity contribution in [3.05, 3.63) is 65.5 Å². The van der Waals surface area contributed by atoms with Gasteiger partial charge in [-0.2, -0.15) is 13.2 Å². The molecule has 0 radical (unpaired) electrons. The van der Waals surface area contributed by atoms with Gasteiger partial charge in [0.05, 0.1) is 17.7 Å². The molecule has 7 nitrogen and oxygen atoms in total. The number of carbonyl (C=O) groups is 2. The van der Waals surface area contributed by atoms with E-state index in [0.717, 1.165) is 30.3 Å². The Morgan fingerprint density at radius 3 is 2.36 bits per heavy atom. The van der Waals surface area contributed by atoms with Gasteiger partial charge in [0.1, 0.15) is 5.82 Å². The molecule has 0 unspecified atom stereocenters. The van der Waals surface area contributed by atoms with Crippen LogP contribution in [0, 0.1) is 0 Å². The highest BCUT2D eigenvalue weighted by molar-refractivity contribution is 7.99. The van der Waals surface area contributed by atoms with E-state index in [1.54, 1.807) is 11.6 Å². The first-order valence-electron chi connectivity index (χ1n) is 10.0. The van der Waals surface area contributed by atoms with Gasteiger partial charge < -0.3 is 15.2 Å². The van der Waals surface area contributed by atoms with Crippen LogP contribution in [-0.4, -0.2) is 32.3 Å². The third-order valence-electron chi connectivity index (χ3n) is 4.70. The summed E-state index contributed by atoms with van der Waals surface area (Å²) < 4.78 is 40.0. The van der Waals surface area contributed by atoms with Crippen LogP contribution in [0.25, 0.3) is 0 Å². The van der Waals surface area contributed by atoms with Crippen LogP contribution in [0.3, 0.4) is 0 Å². The maximum atomic E-state index is 12.8. The Labute approximate surface area is 192 Å². The van der Waals surface area contributed by atoms with Crippen LogP contribution in [0.5, 0.6) is 0 Å². The maximum absolute atomic E-state index is 12.8. The van der Waals surface area contributed by atoms with Crippen molar-refractivity contribution in [1.29, 1.82) is 0 Å². The topological polar surface area (TPSA) is 88.9 Å². The van der Waals surface area contributed by atoms with E-state index in [1.165, 1.54) is 17.7 Å². The maximum Gasteiger partial charge on any atom is 0.416 e. The Hall–Kier alpha value is -3.34. The van der Waals surface area contributed by atoms with Gasteiger partial charge >= 0.3 is 6.18 Å². The van der Waals surface area contributed by atoms with Crippen molar-refractivity contribution in [3.63, 3.8) is 0 Å².